The molecule has 1 aliphatic carbocycles. The van der Waals surface area contributed by atoms with Gasteiger partial charge in [0.1, 0.15) is 17.3 Å². The number of nitrogens with one attached hydrogen (secondary N) is 1. The van der Waals surface area contributed by atoms with Crippen molar-refractivity contribution in [1.82, 2.24) is 5.32 Å². The van der Waals surface area contributed by atoms with Gasteiger partial charge in [-0.3, -0.25) is 4.79 Å². The number of rotatable bonds is 5. The van der Waals surface area contributed by atoms with Crippen LogP contribution < -0.4 is 14.8 Å². The van der Waals surface area contributed by atoms with E-state index in [2.05, 4.69) is 27.3 Å². The molecule has 0 bridgehead atoms. The second kappa shape index (κ2) is 9.43. The van der Waals surface area contributed by atoms with E-state index in [4.69, 9.17) is 14.2 Å². The highest BCUT2D eigenvalue weighted by molar-refractivity contribution is 9.10. The first-order chi connectivity index (χ1) is 15.9. The van der Waals surface area contributed by atoms with Crippen LogP contribution in [0.2, 0.25) is 0 Å². The SMILES string of the molecule is COC(=O)C1=C(C)NC2=CC(c3ccccc3OC)CC(=O)C2C1c1ccc(OC)c(Br)c1. The number of ether oxygens (including phenoxy) is 3. The molecule has 0 radical (unpaired) electrons. The number of allylic oxidation sites excluding steroid dienone is 3. The van der Waals surface area contributed by atoms with Crippen molar-refractivity contribution in [1.29, 1.82) is 0 Å². The Kier molecular flexibility index (Phi) is 6.61. The van der Waals surface area contributed by atoms with Crippen molar-refractivity contribution >= 4 is 27.7 Å². The molecular weight excluding hydrogens is 486 g/mol. The minimum Gasteiger partial charge on any atom is -0.496 e. The van der Waals surface area contributed by atoms with Crippen LogP contribution >= 0.6 is 15.9 Å². The number of benzene rings is 2. The van der Waals surface area contributed by atoms with Gasteiger partial charge >= 0.3 is 5.97 Å². The number of carbonyl (C=O) groups excluding carboxylic acids is 2. The van der Waals surface area contributed by atoms with Crippen LogP contribution in [0.4, 0.5) is 0 Å². The molecule has 0 spiro atoms. The van der Waals surface area contributed by atoms with Crippen molar-refractivity contribution < 1.29 is 23.8 Å². The molecule has 2 aliphatic rings. The first kappa shape index (κ1) is 23.1. The number of carbonyl (C=O) groups is 2. The Hall–Kier alpha value is -3.06. The van der Waals surface area contributed by atoms with E-state index >= 15 is 0 Å². The standard InChI is InChI=1S/C26H26BrNO5/c1-14-23(26(30)33-4)24(15-9-10-22(32-3)18(27)11-15)25-19(28-14)12-16(13-20(25)29)17-7-5-6-8-21(17)31-2/h5-12,16,24-25,28H,13H2,1-4H3. The van der Waals surface area contributed by atoms with Crippen molar-refractivity contribution in [3.63, 3.8) is 0 Å². The first-order valence-corrected chi connectivity index (χ1v) is 11.5. The van der Waals surface area contributed by atoms with Crippen LogP contribution in [0.1, 0.15) is 36.3 Å². The van der Waals surface area contributed by atoms with Crippen LogP contribution in [-0.2, 0) is 14.3 Å². The van der Waals surface area contributed by atoms with Gasteiger partial charge in [-0.15, -0.1) is 0 Å². The molecule has 1 heterocycles. The Morgan fingerprint density at radius 3 is 2.42 bits per heavy atom. The maximum atomic E-state index is 13.6. The summed E-state index contributed by atoms with van der Waals surface area (Å²) in [6, 6.07) is 13.4. The second-order valence-electron chi connectivity index (χ2n) is 8.15. The van der Waals surface area contributed by atoms with Gasteiger partial charge in [0.25, 0.3) is 0 Å². The molecule has 172 valence electrons. The molecule has 7 heteroatoms. The van der Waals surface area contributed by atoms with Gasteiger partial charge in [-0.25, -0.2) is 4.79 Å². The summed E-state index contributed by atoms with van der Waals surface area (Å²) in [5, 5.41) is 3.33. The lowest BCUT2D eigenvalue weighted by Crippen LogP contribution is -2.41. The average Bonchev–Trinajstić information content (AvgIpc) is 2.82. The zero-order chi connectivity index (χ0) is 23.7. The molecule has 1 N–H and O–H groups in total. The highest BCUT2D eigenvalue weighted by Gasteiger charge is 2.45. The molecule has 0 aromatic heterocycles. The van der Waals surface area contributed by atoms with Gasteiger partial charge < -0.3 is 19.5 Å². The smallest absolute Gasteiger partial charge is 0.336 e. The molecule has 0 saturated heterocycles. The minimum atomic E-state index is -0.519. The maximum Gasteiger partial charge on any atom is 0.336 e. The zero-order valence-corrected chi connectivity index (χ0v) is 20.6. The number of Topliss-reactive ketones (excluding diaryl/α,β-unsaturated/α-hetero) is 1. The average molecular weight is 512 g/mol. The van der Waals surface area contributed by atoms with Gasteiger partial charge in [-0.1, -0.05) is 30.3 Å². The molecule has 4 rings (SSSR count). The number of ketones is 1. The largest absolute Gasteiger partial charge is 0.496 e. The van der Waals surface area contributed by atoms with Crippen LogP contribution in [0.25, 0.3) is 0 Å². The van der Waals surface area contributed by atoms with Gasteiger partial charge in [-0.2, -0.15) is 0 Å². The molecule has 0 saturated carbocycles. The second-order valence-corrected chi connectivity index (χ2v) is 9.00. The summed E-state index contributed by atoms with van der Waals surface area (Å²) in [6.07, 6.45) is 2.41. The molecule has 2 aromatic carbocycles. The van der Waals surface area contributed by atoms with Crippen LogP contribution in [0.3, 0.4) is 0 Å². The molecule has 6 nitrogen and oxygen atoms in total. The summed E-state index contributed by atoms with van der Waals surface area (Å²) in [5.74, 6) is -0.0811. The van der Waals surface area contributed by atoms with Gasteiger partial charge in [0.2, 0.25) is 0 Å². The van der Waals surface area contributed by atoms with E-state index < -0.39 is 17.8 Å². The summed E-state index contributed by atoms with van der Waals surface area (Å²) < 4.78 is 16.7. The van der Waals surface area contributed by atoms with Crippen LogP contribution in [-0.4, -0.2) is 33.1 Å². The van der Waals surface area contributed by atoms with E-state index in [1.807, 2.05) is 49.4 Å². The maximum absolute atomic E-state index is 13.6. The lowest BCUT2D eigenvalue weighted by atomic mass is 9.68. The van der Waals surface area contributed by atoms with Crippen molar-refractivity contribution in [3.05, 3.63) is 81.1 Å². The summed E-state index contributed by atoms with van der Waals surface area (Å²) in [6.45, 7) is 1.84. The Balaban J connectivity index is 1.85. The third kappa shape index (κ3) is 4.17. The fourth-order valence-corrected chi connectivity index (χ4v) is 5.42. The number of hydrogen-bond acceptors (Lipinski definition) is 6. The van der Waals surface area contributed by atoms with Crippen molar-refractivity contribution in [2.45, 2.75) is 25.2 Å². The summed E-state index contributed by atoms with van der Waals surface area (Å²) >= 11 is 3.54. The number of halogens is 1. The van der Waals surface area contributed by atoms with Crippen molar-refractivity contribution in [2.75, 3.05) is 21.3 Å². The molecule has 3 unspecified atom stereocenters. The van der Waals surface area contributed by atoms with E-state index in [1.54, 1.807) is 14.2 Å². The Morgan fingerprint density at radius 1 is 1.03 bits per heavy atom. The Bertz CT molecular complexity index is 1170. The number of esters is 1. The van der Waals surface area contributed by atoms with Gasteiger partial charge in [0.05, 0.1) is 37.3 Å². The van der Waals surface area contributed by atoms with E-state index in [0.29, 0.717) is 23.4 Å². The third-order valence-electron chi connectivity index (χ3n) is 6.34. The summed E-state index contributed by atoms with van der Waals surface area (Å²) in [5.41, 5.74) is 3.73. The first-order valence-electron chi connectivity index (χ1n) is 10.7. The molecule has 33 heavy (non-hydrogen) atoms. The van der Waals surface area contributed by atoms with Gasteiger partial charge in [0, 0.05) is 35.2 Å². The molecule has 3 atom stereocenters. The number of methoxy groups -OCH3 is 3. The predicted octanol–water partition coefficient (Wildman–Crippen LogP) is 4.86. The number of para-hydroxylation sites is 1. The molecule has 1 aliphatic heterocycles. The minimum absolute atomic E-state index is 0.0572. The number of fused-ring (bicyclic) bond motifs is 1. The van der Waals surface area contributed by atoms with Crippen LogP contribution in [0, 0.1) is 5.92 Å². The topological polar surface area (TPSA) is 73.9 Å². The van der Waals surface area contributed by atoms with Crippen LogP contribution in [0.15, 0.2) is 70.0 Å². The van der Waals surface area contributed by atoms with E-state index in [9.17, 15) is 9.59 Å². The lowest BCUT2D eigenvalue weighted by Gasteiger charge is -2.39. The summed E-state index contributed by atoms with van der Waals surface area (Å²) in [7, 11) is 4.58. The van der Waals surface area contributed by atoms with Gasteiger partial charge in [0.15, 0.2) is 0 Å². The molecular formula is C26H26BrNO5. The van der Waals surface area contributed by atoms with E-state index in [-0.39, 0.29) is 11.7 Å². The highest BCUT2D eigenvalue weighted by atomic mass is 79.9. The quantitative estimate of drug-likeness (QED) is 0.578. The molecule has 0 amide bonds. The fraction of sp³-hybridized carbons (Fsp3) is 0.308. The van der Waals surface area contributed by atoms with E-state index in [1.165, 1.54) is 7.11 Å². The Labute approximate surface area is 201 Å². The highest BCUT2D eigenvalue weighted by Crippen LogP contribution is 2.47. The van der Waals surface area contributed by atoms with Crippen molar-refractivity contribution in [2.24, 2.45) is 5.92 Å². The number of hydrogen-bond donors (Lipinski definition) is 1. The summed E-state index contributed by atoms with van der Waals surface area (Å²) in [4.78, 5) is 26.4. The Morgan fingerprint density at radius 2 is 1.76 bits per heavy atom. The van der Waals surface area contributed by atoms with E-state index in [0.717, 1.165) is 27.0 Å². The normalized spacial score (nSPS) is 22.2. The third-order valence-corrected chi connectivity index (χ3v) is 6.96. The molecule has 2 aromatic rings. The van der Waals surface area contributed by atoms with Crippen molar-refractivity contribution in [3.8, 4) is 11.5 Å². The predicted molar refractivity (Wildman–Crippen MR) is 128 cm³/mol. The fourth-order valence-electron chi connectivity index (χ4n) is 4.86. The van der Waals surface area contributed by atoms with Crippen LogP contribution in [0.5, 0.6) is 11.5 Å². The lowest BCUT2D eigenvalue weighted by molar-refractivity contribution is -0.136. The molecule has 0 fully saturated rings. The van der Waals surface area contributed by atoms with Gasteiger partial charge in [-0.05, 0) is 46.6 Å². The monoisotopic (exact) mass is 511 g/mol. The zero-order valence-electron chi connectivity index (χ0n) is 19.0.